The molecule has 4 nitrogen and oxygen atoms in total. The lowest BCUT2D eigenvalue weighted by Gasteiger charge is -2.21. The van der Waals surface area contributed by atoms with Gasteiger partial charge in [-0.05, 0) is 12.3 Å². The van der Waals surface area contributed by atoms with Crippen LogP contribution in [-0.2, 0) is 22.0 Å². The van der Waals surface area contributed by atoms with Gasteiger partial charge in [-0.25, -0.2) is 13.4 Å². The number of hydrogen-bond donors (Lipinski definition) is 0. The normalized spacial score (nSPS) is 17.8. The Morgan fingerprint density at radius 2 is 2.05 bits per heavy atom. The van der Waals surface area contributed by atoms with Crippen molar-refractivity contribution < 1.29 is 8.42 Å². The third kappa shape index (κ3) is 3.96. The molecule has 0 N–H and O–H groups in total. The summed E-state index contributed by atoms with van der Waals surface area (Å²) in [5, 5.41) is -0.0188. The number of hydrogen-bond acceptors (Lipinski definition) is 3. The van der Waals surface area contributed by atoms with Gasteiger partial charge in [-0.1, -0.05) is 39.0 Å². The Morgan fingerprint density at radius 1 is 1.37 bits per heavy atom. The van der Waals surface area contributed by atoms with E-state index in [1.54, 1.807) is 6.20 Å². The third-order valence-electron chi connectivity index (χ3n) is 3.91. The van der Waals surface area contributed by atoms with Crippen molar-refractivity contribution in [1.29, 1.82) is 0 Å². The maximum Gasteiger partial charge on any atom is 0.280 e. The molecule has 0 aliphatic heterocycles. The van der Waals surface area contributed by atoms with E-state index < -0.39 is 9.05 Å². The Hall–Kier alpha value is -0.550. The van der Waals surface area contributed by atoms with E-state index in [-0.39, 0.29) is 5.03 Å². The largest absolute Gasteiger partial charge is 0.333 e. The van der Waals surface area contributed by atoms with Crippen LogP contribution in [0.4, 0.5) is 0 Å². The van der Waals surface area contributed by atoms with Gasteiger partial charge in [0.2, 0.25) is 0 Å². The van der Waals surface area contributed by atoms with Crippen LogP contribution in [0.5, 0.6) is 0 Å². The molecule has 0 saturated heterocycles. The molecule has 6 heteroatoms. The Morgan fingerprint density at radius 3 is 2.63 bits per heavy atom. The lowest BCUT2D eigenvalue weighted by atomic mass is 9.87. The second-order valence-corrected chi connectivity index (χ2v) is 7.79. The van der Waals surface area contributed by atoms with Crippen LogP contribution < -0.4 is 0 Å². The maximum absolute atomic E-state index is 11.3. The highest BCUT2D eigenvalue weighted by atomic mass is 35.7. The summed E-state index contributed by atoms with van der Waals surface area (Å²) in [5.74, 6) is 1.58. The smallest absolute Gasteiger partial charge is 0.280 e. The van der Waals surface area contributed by atoms with Crippen LogP contribution in [0.25, 0.3) is 0 Å². The molecule has 2 rings (SSSR count). The lowest BCUT2D eigenvalue weighted by molar-refractivity contribution is 0.322. The average Bonchev–Trinajstić information content (AvgIpc) is 2.81. The second-order valence-electron chi connectivity index (χ2n) is 5.27. The summed E-state index contributed by atoms with van der Waals surface area (Å²) in [7, 11) is 1.63. The fourth-order valence-corrected chi connectivity index (χ4v) is 3.51. The number of imidazole rings is 1. The highest BCUT2D eigenvalue weighted by molar-refractivity contribution is 8.13. The zero-order valence-electron chi connectivity index (χ0n) is 11.3. The number of aromatic nitrogens is 2. The molecular weight excluding hydrogens is 284 g/mol. The Bertz CT molecular complexity index is 519. The number of aryl methyl sites for hydroxylation is 2. The first-order chi connectivity index (χ1) is 9.00. The van der Waals surface area contributed by atoms with E-state index in [4.69, 9.17) is 10.7 Å². The molecule has 0 bridgehead atoms. The van der Waals surface area contributed by atoms with Gasteiger partial charge in [0.15, 0.2) is 5.03 Å². The van der Waals surface area contributed by atoms with E-state index in [0.29, 0.717) is 0 Å². The van der Waals surface area contributed by atoms with Crippen LogP contribution in [-0.4, -0.2) is 18.0 Å². The molecule has 1 fully saturated rings. The molecule has 1 aromatic rings. The predicted molar refractivity (Wildman–Crippen MR) is 75.8 cm³/mol. The van der Waals surface area contributed by atoms with E-state index in [0.717, 1.165) is 31.1 Å². The van der Waals surface area contributed by atoms with Gasteiger partial charge in [0, 0.05) is 29.8 Å². The minimum atomic E-state index is -3.72. The molecule has 108 valence electrons. The SMILES string of the molecule is CCc1nc(S(=O)(=O)Cl)cn1CCC1CCCCC1. The van der Waals surface area contributed by atoms with Crippen LogP contribution in [0.15, 0.2) is 11.2 Å². The lowest BCUT2D eigenvalue weighted by Crippen LogP contribution is -2.11. The van der Waals surface area contributed by atoms with Gasteiger partial charge in [-0.2, -0.15) is 0 Å². The number of nitrogens with zero attached hydrogens (tertiary/aromatic N) is 2. The third-order valence-corrected chi connectivity index (χ3v) is 5.08. The number of halogens is 1. The van der Waals surface area contributed by atoms with Gasteiger partial charge in [0.25, 0.3) is 9.05 Å². The number of rotatable bonds is 5. The van der Waals surface area contributed by atoms with Crippen molar-refractivity contribution in [2.75, 3.05) is 0 Å². The molecule has 0 amide bonds. The standard InChI is InChI=1S/C13H21ClN2O2S/c1-2-12-15-13(19(14,17)18)10-16(12)9-8-11-6-4-3-5-7-11/h10-11H,2-9H2,1H3. The molecule has 1 aliphatic rings. The molecule has 0 unspecified atom stereocenters. The van der Waals surface area contributed by atoms with E-state index in [9.17, 15) is 8.42 Å². The fourth-order valence-electron chi connectivity index (χ4n) is 2.82. The maximum atomic E-state index is 11.3. The van der Waals surface area contributed by atoms with Crippen molar-refractivity contribution in [3.63, 3.8) is 0 Å². The molecule has 19 heavy (non-hydrogen) atoms. The molecule has 1 aliphatic carbocycles. The van der Waals surface area contributed by atoms with Gasteiger partial charge >= 0.3 is 0 Å². The van der Waals surface area contributed by atoms with E-state index in [1.165, 1.54) is 32.1 Å². The minimum Gasteiger partial charge on any atom is -0.333 e. The summed E-state index contributed by atoms with van der Waals surface area (Å²) in [5.41, 5.74) is 0. The van der Waals surface area contributed by atoms with Crippen LogP contribution >= 0.6 is 10.7 Å². The van der Waals surface area contributed by atoms with Gasteiger partial charge < -0.3 is 4.57 Å². The Labute approximate surface area is 119 Å². The molecule has 1 heterocycles. The van der Waals surface area contributed by atoms with E-state index >= 15 is 0 Å². The molecule has 0 atom stereocenters. The molecule has 0 spiro atoms. The van der Waals surface area contributed by atoms with Crippen molar-refractivity contribution in [2.24, 2.45) is 5.92 Å². The summed E-state index contributed by atoms with van der Waals surface area (Å²) in [6.07, 6.45) is 10.0. The summed E-state index contributed by atoms with van der Waals surface area (Å²) >= 11 is 0. The average molecular weight is 305 g/mol. The topological polar surface area (TPSA) is 52.0 Å². The zero-order valence-corrected chi connectivity index (χ0v) is 12.9. The van der Waals surface area contributed by atoms with Gasteiger partial charge in [-0.15, -0.1) is 0 Å². The van der Waals surface area contributed by atoms with Crippen molar-refractivity contribution in [3.8, 4) is 0 Å². The first-order valence-corrected chi connectivity index (χ1v) is 9.32. The molecular formula is C13H21ClN2O2S. The van der Waals surface area contributed by atoms with Crippen LogP contribution in [0, 0.1) is 5.92 Å². The molecule has 0 radical (unpaired) electrons. The summed E-state index contributed by atoms with van der Waals surface area (Å²) < 4.78 is 24.6. The zero-order chi connectivity index (χ0) is 13.9. The van der Waals surface area contributed by atoms with Crippen molar-refractivity contribution in [1.82, 2.24) is 9.55 Å². The highest BCUT2D eigenvalue weighted by Gasteiger charge is 2.18. The van der Waals surface area contributed by atoms with Gasteiger partial charge in [-0.3, -0.25) is 0 Å². The van der Waals surface area contributed by atoms with Crippen molar-refractivity contribution in [2.45, 2.75) is 63.4 Å². The fraction of sp³-hybridized carbons (Fsp3) is 0.769. The minimum absolute atomic E-state index is 0.0188. The van der Waals surface area contributed by atoms with Crippen LogP contribution in [0.3, 0.4) is 0 Å². The Kier molecular flexibility index (Phi) is 4.90. The molecule has 1 aromatic heterocycles. The monoisotopic (exact) mass is 304 g/mol. The van der Waals surface area contributed by atoms with Crippen LogP contribution in [0.2, 0.25) is 0 Å². The van der Waals surface area contributed by atoms with E-state index in [1.807, 2.05) is 11.5 Å². The van der Waals surface area contributed by atoms with Crippen molar-refractivity contribution in [3.05, 3.63) is 12.0 Å². The quantitative estimate of drug-likeness (QED) is 0.784. The van der Waals surface area contributed by atoms with Gasteiger partial charge in [0.1, 0.15) is 5.82 Å². The van der Waals surface area contributed by atoms with Crippen molar-refractivity contribution >= 4 is 19.7 Å². The first-order valence-electron chi connectivity index (χ1n) is 7.01. The summed E-state index contributed by atoms with van der Waals surface area (Å²) in [6.45, 7) is 2.82. The second kappa shape index (κ2) is 6.27. The van der Waals surface area contributed by atoms with Gasteiger partial charge in [0.05, 0.1) is 0 Å². The van der Waals surface area contributed by atoms with E-state index in [2.05, 4.69) is 4.98 Å². The summed E-state index contributed by atoms with van der Waals surface area (Å²) in [4.78, 5) is 4.11. The predicted octanol–water partition coefficient (Wildman–Crippen LogP) is 3.34. The molecule has 0 aromatic carbocycles. The van der Waals surface area contributed by atoms with Crippen LogP contribution in [0.1, 0.15) is 51.3 Å². The molecule has 1 saturated carbocycles. The summed E-state index contributed by atoms with van der Waals surface area (Å²) in [6, 6.07) is 0. The Balaban J connectivity index is 2.04. The highest BCUT2D eigenvalue weighted by Crippen LogP contribution is 2.27. The first kappa shape index (κ1) is 14.9.